The minimum absolute atomic E-state index is 0.674. The quantitative estimate of drug-likeness (QED) is 0.331. The summed E-state index contributed by atoms with van der Waals surface area (Å²) in [6, 6.07) is 19.2. The normalized spacial score (nSPS) is 16.6. The van der Waals surface area contributed by atoms with Gasteiger partial charge in [0.05, 0.1) is 13.1 Å². The van der Waals surface area contributed by atoms with Crippen molar-refractivity contribution < 1.29 is 0 Å². The second-order valence-electron chi connectivity index (χ2n) is 7.81. The lowest BCUT2D eigenvalue weighted by Gasteiger charge is -2.21. The van der Waals surface area contributed by atoms with Crippen LogP contribution in [0.2, 0.25) is 0 Å². The SMILES string of the molecule is CCNC(=NCc1cccc(Cn2cncn2)c1)N1CCC(CSc2ccccc2)C1. The molecule has 1 saturated heterocycles. The van der Waals surface area contributed by atoms with E-state index in [-0.39, 0.29) is 0 Å². The van der Waals surface area contributed by atoms with Crippen molar-refractivity contribution in [3.05, 3.63) is 78.4 Å². The van der Waals surface area contributed by atoms with E-state index in [1.165, 1.54) is 22.4 Å². The van der Waals surface area contributed by atoms with Crippen LogP contribution in [-0.4, -0.2) is 51.0 Å². The van der Waals surface area contributed by atoms with Crippen LogP contribution in [-0.2, 0) is 13.1 Å². The molecule has 0 saturated carbocycles. The maximum atomic E-state index is 4.95. The molecule has 162 valence electrons. The van der Waals surface area contributed by atoms with Crippen molar-refractivity contribution in [1.82, 2.24) is 25.0 Å². The topological polar surface area (TPSA) is 58.3 Å². The summed E-state index contributed by atoms with van der Waals surface area (Å²) in [5, 5.41) is 7.68. The molecular formula is C24H30N6S. The number of aliphatic imine (C=N–C) groups is 1. The van der Waals surface area contributed by atoms with E-state index in [4.69, 9.17) is 4.99 Å². The summed E-state index contributed by atoms with van der Waals surface area (Å²) in [4.78, 5) is 12.7. The number of benzene rings is 2. The second kappa shape index (κ2) is 11.0. The highest BCUT2D eigenvalue weighted by molar-refractivity contribution is 7.99. The molecule has 1 aliphatic heterocycles. The molecule has 1 aliphatic rings. The van der Waals surface area contributed by atoms with E-state index < -0.39 is 0 Å². The number of nitrogens with one attached hydrogen (secondary N) is 1. The van der Waals surface area contributed by atoms with Crippen molar-refractivity contribution in [2.24, 2.45) is 10.9 Å². The number of likely N-dealkylation sites (tertiary alicyclic amines) is 1. The zero-order valence-electron chi connectivity index (χ0n) is 18.0. The van der Waals surface area contributed by atoms with E-state index in [1.54, 1.807) is 12.7 Å². The lowest BCUT2D eigenvalue weighted by atomic mass is 10.1. The van der Waals surface area contributed by atoms with Crippen LogP contribution in [0.15, 0.2) is 77.1 Å². The Kier molecular flexibility index (Phi) is 7.60. The average molecular weight is 435 g/mol. The van der Waals surface area contributed by atoms with Gasteiger partial charge < -0.3 is 10.2 Å². The Morgan fingerprint density at radius 3 is 2.84 bits per heavy atom. The van der Waals surface area contributed by atoms with Gasteiger partial charge in [-0.05, 0) is 42.5 Å². The van der Waals surface area contributed by atoms with E-state index >= 15 is 0 Å². The first kappa shape index (κ1) is 21.4. The van der Waals surface area contributed by atoms with Gasteiger partial charge in [0.1, 0.15) is 12.7 Å². The number of guanidine groups is 1. The molecule has 7 heteroatoms. The molecule has 0 amide bonds. The van der Waals surface area contributed by atoms with Gasteiger partial charge in [0, 0.05) is 30.3 Å². The minimum Gasteiger partial charge on any atom is -0.357 e. The highest BCUT2D eigenvalue weighted by Gasteiger charge is 2.24. The Bertz CT molecular complexity index is 957. The predicted octanol–water partition coefficient (Wildman–Crippen LogP) is 3.91. The molecule has 1 fully saturated rings. The molecule has 2 aromatic carbocycles. The van der Waals surface area contributed by atoms with Gasteiger partial charge in [-0.1, -0.05) is 42.5 Å². The maximum absolute atomic E-state index is 4.95. The highest BCUT2D eigenvalue weighted by Crippen LogP contribution is 2.26. The van der Waals surface area contributed by atoms with E-state index in [2.05, 4.69) is 81.8 Å². The van der Waals surface area contributed by atoms with E-state index in [0.717, 1.165) is 37.9 Å². The van der Waals surface area contributed by atoms with Gasteiger partial charge in [-0.2, -0.15) is 5.10 Å². The molecule has 0 bridgehead atoms. The summed E-state index contributed by atoms with van der Waals surface area (Å²) in [5.74, 6) is 2.88. The van der Waals surface area contributed by atoms with Gasteiger partial charge in [-0.3, -0.25) is 0 Å². The standard InChI is InChI=1S/C24H30N6S/c1-2-26-24(29-12-11-22(15-29)17-31-23-9-4-3-5-10-23)27-14-20-7-6-8-21(13-20)16-30-19-25-18-28-30/h3-10,13,18-19,22H,2,11-12,14-17H2,1H3,(H,26,27). The zero-order valence-corrected chi connectivity index (χ0v) is 18.8. The van der Waals surface area contributed by atoms with Gasteiger partial charge in [0.25, 0.3) is 0 Å². The second-order valence-corrected chi connectivity index (χ2v) is 8.90. The van der Waals surface area contributed by atoms with Crippen LogP contribution in [0.25, 0.3) is 0 Å². The number of hydrogen-bond donors (Lipinski definition) is 1. The van der Waals surface area contributed by atoms with Gasteiger partial charge in [-0.15, -0.1) is 11.8 Å². The Balaban J connectivity index is 1.34. The summed E-state index contributed by atoms with van der Waals surface area (Å²) in [5.41, 5.74) is 2.42. The van der Waals surface area contributed by atoms with Crippen LogP contribution < -0.4 is 5.32 Å². The smallest absolute Gasteiger partial charge is 0.194 e. The molecule has 1 atom stereocenters. The molecule has 0 aliphatic carbocycles. The van der Waals surface area contributed by atoms with Gasteiger partial charge in [0.15, 0.2) is 5.96 Å². The summed E-state index contributed by atoms with van der Waals surface area (Å²) in [6.07, 6.45) is 4.53. The fraction of sp³-hybridized carbons (Fsp3) is 0.375. The fourth-order valence-electron chi connectivity index (χ4n) is 3.81. The van der Waals surface area contributed by atoms with Crippen molar-refractivity contribution in [3.8, 4) is 0 Å². The van der Waals surface area contributed by atoms with Crippen LogP contribution in [0.3, 0.4) is 0 Å². The third-order valence-corrected chi connectivity index (χ3v) is 6.61. The van der Waals surface area contributed by atoms with E-state index in [0.29, 0.717) is 12.5 Å². The maximum Gasteiger partial charge on any atom is 0.194 e. The molecule has 1 aromatic heterocycles. The summed E-state index contributed by atoms with van der Waals surface area (Å²) in [7, 11) is 0. The number of rotatable bonds is 8. The van der Waals surface area contributed by atoms with Gasteiger partial charge in [-0.25, -0.2) is 14.7 Å². The Morgan fingerprint density at radius 2 is 2.03 bits per heavy atom. The first-order chi connectivity index (χ1) is 15.3. The van der Waals surface area contributed by atoms with Crippen LogP contribution in [0.4, 0.5) is 0 Å². The largest absolute Gasteiger partial charge is 0.357 e. The van der Waals surface area contributed by atoms with Crippen molar-refractivity contribution in [1.29, 1.82) is 0 Å². The molecule has 6 nitrogen and oxygen atoms in total. The fourth-order valence-corrected chi connectivity index (χ4v) is 4.86. The number of aromatic nitrogens is 3. The molecule has 31 heavy (non-hydrogen) atoms. The Labute approximate surface area is 188 Å². The van der Waals surface area contributed by atoms with Gasteiger partial charge >= 0.3 is 0 Å². The van der Waals surface area contributed by atoms with Crippen molar-refractivity contribution in [2.45, 2.75) is 31.3 Å². The lowest BCUT2D eigenvalue weighted by Crippen LogP contribution is -2.40. The monoisotopic (exact) mass is 434 g/mol. The van der Waals surface area contributed by atoms with Gasteiger partial charge in [0.2, 0.25) is 0 Å². The first-order valence-corrected chi connectivity index (χ1v) is 11.9. The molecule has 0 radical (unpaired) electrons. The average Bonchev–Trinajstić information content (AvgIpc) is 3.48. The zero-order chi connectivity index (χ0) is 21.3. The van der Waals surface area contributed by atoms with E-state index in [1.807, 2.05) is 16.4 Å². The first-order valence-electron chi connectivity index (χ1n) is 10.9. The molecule has 4 rings (SSSR count). The third kappa shape index (κ3) is 6.34. The van der Waals surface area contributed by atoms with Crippen LogP contribution in [0.1, 0.15) is 24.5 Å². The van der Waals surface area contributed by atoms with Crippen molar-refractivity contribution in [3.63, 3.8) is 0 Å². The van der Waals surface area contributed by atoms with Crippen molar-refractivity contribution in [2.75, 3.05) is 25.4 Å². The van der Waals surface area contributed by atoms with Crippen LogP contribution >= 0.6 is 11.8 Å². The summed E-state index contributed by atoms with van der Waals surface area (Å²) < 4.78 is 1.84. The molecule has 3 aromatic rings. The lowest BCUT2D eigenvalue weighted by molar-refractivity contribution is 0.474. The molecular weight excluding hydrogens is 404 g/mol. The Morgan fingerprint density at radius 1 is 1.16 bits per heavy atom. The number of hydrogen-bond acceptors (Lipinski definition) is 4. The molecule has 2 heterocycles. The van der Waals surface area contributed by atoms with Crippen molar-refractivity contribution >= 4 is 17.7 Å². The molecule has 1 unspecified atom stereocenters. The minimum atomic E-state index is 0.674. The van der Waals surface area contributed by atoms with Crippen LogP contribution in [0.5, 0.6) is 0 Å². The molecule has 0 spiro atoms. The molecule has 1 N–H and O–H groups in total. The Hall–Kier alpha value is -2.80. The van der Waals surface area contributed by atoms with E-state index in [9.17, 15) is 0 Å². The number of nitrogens with zero attached hydrogens (tertiary/aromatic N) is 5. The summed E-state index contributed by atoms with van der Waals surface area (Å²) >= 11 is 1.96. The predicted molar refractivity (Wildman–Crippen MR) is 127 cm³/mol. The summed E-state index contributed by atoms with van der Waals surface area (Å²) in [6.45, 7) is 6.55. The highest BCUT2D eigenvalue weighted by atomic mass is 32.2. The number of thioether (sulfide) groups is 1. The third-order valence-electron chi connectivity index (χ3n) is 5.36. The van der Waals surface area contributed by atoms with Crippen LogP contribution in [0, 0.1) is 5.92 Å².